The van der Waals surface area contributed by atoms with Crippen molar-refractivity contribution in [3.8, 4) is 0 Å². The number of carboxylic acids is 1. The van der Waals surface area contributed by atoms with Crippen LogP contribution in [0.25, 0.3) is 0 Å². The molecule has 0 rings (SSSR count). The van der Waals surface area contributed by atoms with Crippen LogP contribution in [0.15, 0.2) is 0 Å². The molecule has 0 saturated heterocycles. The number of hydrogen-bond donors (Lipinski definition) is 4. The molecule has 0 aromatic rings. The minimum Gasteiger partial charge on any atom is -0.479 e. The third-order valence-corrected chi connectivity index (χ3v) is 2.52. The van der Waals surface area contributed by atoms with E-state index in [1.807, 2.05) is 6.92 Å². The van der Waals surface area contributed by atoms with E-state index in [4.69, 9.17) is 15.9 Å². The Labute approximate surface area is 88.5 Å². The first-order valence-corrected chi connectivity index (χ1v) is 4.76. The number of nitrogens with one attached hydrogen (secondary N) is 1. The number of amides is 1. The highest BCUT2D eigenvalue weighted by atomic mass is 16.4. The summed E-state index contributed by atoms with van der Waals surface area (Å²) in [5.41, 5.74) is 4.73. The zero-order chi connectivity index (χ0) is 12.1. The van der Waals surface area contributed by atoms with Gasteiger partial charge in [0.15, 0.2) is 6.10 Å². The maximum Gasteiger partial charge on any atom is 0.334 e. The number of rotatable bonds is 6. The van der Waals surface area contributed by atoms with Crippen LogP contribution in [0.2, 0.25) is 0 Å². The maximum atomic E-state index is 11.6. The number of aliphatic hydroxyl groups is 1. The molecular weight excluding hydrogens is 200 g/mol. The van der Waals surface area contributed by atoms with E-state index in [0.717, 1.165) is 0 Å². The van der Waals surface area contributed by atoms with Crippen LogP contribution in [-0.4, -0.2) is 41.3 Å². The Morgan fingerprint density at radius 2 is 2.07 bits per heavy atom. The van der Waals surface area contributed by atoms with Gasteiger partial charge in [-0.3, -0.25) is 4.79 Å². The number of aliphatic carboxylic acids is 1. The fraction of sp³-hybridized carbons (Fsp3) is 0.778. The van der Waals surface area contributed by atoms with E-state index in [0.29, 0.717) is 6.42 Å². The molecule has 0 aromatic heterocycles. The number of aliphatic hydroxyl groups excluding tert-OH is 1. The van der Waals surface area contributed by atoms with Crippen molar-refractivity contribution >= 4 is 11.9 Å². The van der Waals surface area contributed by atoms with Crippen LogP contribution in [0.3, 0.4) is 0 Å². The molecule has 0 heterocycles. The molecule has 0 aromatic carbocycles. The van der Waals surface area contributed by atoms with Gasteiger partial charge in [-0.2, -0.15) is 0 Å². The van der Waals surface area contributed by atoms with Crippen molar-refractivity contribution in [3.63, 3.8) is 0 Å². The lowest BCUT2D eigenvalue weighted by atomic mass is 9.86. The largest absolute Gasteiger partial charge is 0.479 e. The molecule has 1 amide bonds. The number of hydrogen-bond acceptors (Lipinski definition) is 4. The van der Waals surface area contributed by atoms with Crippen molar-refractivity contribution < 1.29 is 19.8 Å². The summed E-state index contributed by atoms with van der Waals surface area (Å²) < 4.78 is 0. The zero-order valence-electron chi connectivity index (χ0n) is 8.99. The quantitative estimate of drug-likeness (QED) is 0.453. The van der Waals surface area contributed by atoms with Gasteiger partial charge in [0.05, 0.1) is 12.0 Å². The van der Waals surface area contributed by atoms with Gasteiger partial charge in [0.2, 0.25) is 5.91 Å². The minimum atomic E-state index is -1.58. The Morgan fingerprint density at radius 1 is 1.53 bits per heavy atom. The van der Waals surface area contributed by atoms with Crippen LogP contribution in [-0.2, 0) is 9.59 Å². The van der Waals surface area contributed by atoms with Gasteiger partial charge in [-0.05, 0) is 13.3 Å². The Morgan fingerprint density at radius 3 is 2.40 bits per heavy atom. The summed E-state index contributed by atoms with van der Waals surface area (Å²) in [6.07, 6.45) is -1.02. The summed E-state index contributed by atoms with van der Waals surface area (Å²) in [6, 6.07) is 0. The van der Waals surface area contributed by atoms with Crippen molar-refractivity contribution in [1.29, 1.82) is 0 Å². The highest BCUT2D eigenvalue weighted by Gasteiger charge is 2.30. The van der Waals surface area contributed by atoms with Crippen molar-refractivity contribution in [2.45, 2.75) is 26.4 Å². The number of carboxylic acid groups (broad SMARTS) is 1. The predicted octanol–water partition coefficient (Wildman–Crippen LogP) is -1.08. The standard InChI is InChI=1S/C9H18N2O4/c1-3-9(2,5-10)8(15)11-4-6(12)7(13)14/h6,12H,3-5,10H2,1-2H3,(H,11,15)(H,13,14). The second kappa shape index (κ2) is 5.67. The number of nitrogens with two attached hydrogens (primary N) is 1. The molecule has 0 bridgehead atoms. The minimum absolute atomic E-state index is 0.179. The molecule has 15 heavy (non-hydrogen) atoms. The first-order valence-electron chi connectivity index (χ1n) is 4.76. The Balaban J connectivity index is 4.19. The molecule has 0 aliphatic rings. The lowest BCUT2D eigenvalue weighted by Crippen LogP contribution is -2.46. The van der Waals surface area contributed by atoms with Gasteiger partial charge in [0.1, 0.15) is 0 Å². The van der Waals surface area contributed by atoms with E-state index in [9.17, 15) is 9.59 Å². The first kappa shape index (κ1) is 13.9. The highest BCUT2D eigenvalue weighted by molar-refractivity contribution is 5.83. The van der Waals surface area contributed by atoms with Crippen molar-refractivity contribution in [2.24, 2.45) is 11.1 Å². The van der Waals surface area contributed by atoms with E-state index < -0.39 is 17.5 Å². The Kier molecular flexibility index (Phi) is 5.24. The summed E-state index contributed by atoms with van der Waals surface area (Å²) in [5, 5.41) is 19.7. The third kappa shape index (κ3) is 3.85. The summed E-state index contributed by atoms with van der Waals surface area (Å²) in [7, 11) is 0. The second-order valence-electron chi connectivity index (χ2n) is 3.68. The van der Waals surface area contributed by atoms with E-state index in [2.05, 4.69) is 5.32 Å². The summed E-state index contributed by atoms with van der Waals surface area (Å²) in [5.74, 6) is -1.70. The van der Waals surface area contributed by atoms with Crippen LogP contribution >= 0.6 is 0 Å². The molecule has 0 radical (unpaired) electrons. The SMILES string of the molecule is CCC(C)(CN)C(=O)NCC(O)C(=O)O. The van der Waals surface area contributed by atoms with Gasteiger partial charge in [0.25, 0.3) is 0 Å². The molecule has 6 nitrogen and oxygen atoms in total. The average Bonchev–Trinajstić information content (AvgIpc) is 2.23. The molecule has 88 valence electrons. The molecule has 0 saturated carbocycles. The van der Waals surface area contributed by atoms with Gasteiger partial charge < -0.3 is 21.3 Å². The molecule has 2 unspecified atom stereocenters. The predicted molar refractivity (Wildman–Crippen MR) is 54.1 cm³/mol. The van der Waals surface area contributed by atoms with Gasteiger partial charge in [-0.1, -0.05) is 6.92 Å². The van der Waals surface area contributed by atoms with Gasteiger partial charge >= 0.3 is 5.97 Å². The normalized spacial score (nSPS) is 16.5. The second-order valence-corrected chi connectivity index (χ2v) is 3.68. The lowest BCUT2D eigenvalue weighted by molar-refractivity contribution is -0.146. The van der Waals surface area contributed by atoms with Crippen LogP contribution in [0.4, 0.5) is 0 Å². The lowest BCUT2D eigenvalue weighted by Gasteiger charge is -2.25. The maximum absolute atomic E-state index is 11.6. The van der Waals surface area contributed by atoms with Crippen LogP contribution in [0.1, 0.15) is 20.3 Å². The summed E-state index contributed by atoms with van der Waals surface area (Å²) >= 11 is 0. The van der Waals surface area contributed by atoms with Crippen LogP contribution < -0.4 is 11.1 Å². The number of carbonyl (C=O) groups excluding carboxylic acids is 1. The molecule has 0 aliphatic heterocycles. The Bertz CT molecular complexity index is 238. The molecule has 2 atom stereocenters. The zero-order valence-corrected chi connectivity index (χ0v) is 8.99. The van der Waals surface area contributed by atoms with Crippen molar-refractivity contribution in [3.05, 3.63) is 0 Å². The molecule has 6 heteroatoms. The first-order chi connectivity index (χ1) is 6.87. The fourth-order valence-electron chi connectivity index (χ4n) is 0.888. The molecule has 0 fully saturated rings. The van der Waals surface area contributed by atoms with E-state index in [1.54, 1.807) is 6.92 Å². The van der Waals surface area contributed by atoms with Crippen LogP contribution in [0, 0.1) is 5.41 Å². The average molecular weight is 218 g/mol. The molecule has 0 spiro atoms. The molecular formula is C9H18N2O4. The van der Waals surface area contributed by atoms with E-state index in [-0.39, 0.29) is 19.0 Å². The summed E-state index contributed by atoms with van der Waals surface area (Å²) in [4.78, 5) is 21.8. The van der Waals surface area contributed by atoms with Crippen LogP contribution in [0.5, 0.6) is 0 Å². The molecule has 5 N–H and O–H groups in total. The highest BCUT2D eigenvalue weighted by Crippen LogP contribution is 2.18. The van der Waals surface area contributed by atoms with E-state index >= 15 is 0 Å². The van der Waals surface area contributed by atoms with Crippen molar-refractivity contribution in [2.75, 3.05) is 13.1 Å². The Hall–Kier alpha value is -1.14. The summed E-state index contributed by atoms with van der Waals surface area (Å²) in [6.45, 7) is 3.39. The van der Waals surface area contributed by atoms with Gasteiger partial charge in [-0.15, -0.1) is 0 Å². The van der Waals surface area contributed by atoms with Crippen molar-refractivity contribution in [1.82, 2.24) is 5.32 Å². The third-order valence-electron chi connectivity index (χ3n) is 2.52. The topological polar surface area (TPSA) is 113 Å². The monoisotopic (exact) mass is 218 g/mol. The van der Waals surface area contributed by atoms with Gasteiger partial charge in [0, 0.05) is 6.54 Å². The molecule has 0 aliphatic carbocycles. The number of carbonyl (C=O) groups is 2. The van der Waals surface area contributed by atoms with Gasteiger partial charge in [-0.25, -0.2) is 4.79 Å². The fourth-order valence-corrected chi connectivity index (χ4v) is 0.888. The smallest absolute Gasteiger partial charge is 0.334 e. The van der Waals surface area contributed by atoms with E-state index in [1.165, 1.54) is 0 Å².